The summed E-state index contributed by atoms with van der Waals surface area (Å²) in [5.74, 6) is -1.32. The molecular weight excluding hydrogens is 551 g/mol. The van der Waals surface area contributed by atoms with Gasteiger partial charge in [0.1, 0.15) is 0 Å². The van der Waals surface area contributed by atoms with Crippen molar-refractivity contribution in [1.29, 1.82) is 0 Å². The zero-order chi connectivity index (χ0) is 30.6. The summed E-state index contributed by atoms with van der Waals surface area (Å²) in [6, 6.07) is 15.6. The minimum absolute atomic E-state index is 0.155. The van der Waals surface area contributed by atoms with E-state index in [9.17, 15) is 9.59 Å². The second-order valence-electron chi connectivity index (χ2n) is 8.50. The number of esters is 2. The maximum atomic E-state index is 11.0. The smallest absolute Gasteiger partial charge is 0.310 e. The highest BCUT2D eigenvalue weighted by atomic mass is 35.5. The molecule has 8 heteroatoms. The Hall–Kier alpha value is -3.09. The number of benzene rings is 2. The number of carboxylic acid groups (broad SMARTS) is 1. The van der Waals surface area contributed by atoms with Gasteiger partial charge in [-0.1, -0.05) is 137 Å². The summed E-state index contributed by atoms with van der Waals surface area (Å²) in [7, 11) is 0. The second-order valence-corrected chi connectivity index (χ2v) is 9.28. The molecule has 0 saturated carbocycles. The van der Waals surface area contributed by atoms with Crippen molar-refractivity contribution in [3.05, 3.63) is 84.3 Å². The number of hydrogen-bond acceptors (Lipinski definition) is 5. The number of carboxylic acids is 1. The molecule has 2 aromatic rings. The van der Waals surface area contributed by atoms with E-state index in [0.717, 1.165) is 37.2 Å². The number of rotatable bonds is 13. The molecule has 0 fully saturated rings. The number of unbranched alkanes of at least 4 members (excludes halogenated alkanes) is 8. The summed E-state index contributed by atoms with van der Waals surface area (Å²) in [4.78, 5) is 29.7. The van der Waals surface area contributed by atoms with Crippen LogP contribution in [0.4, 0.5) is 0 Å². The van der Waals surface area contributed by atoms with E-state index in [1.165, 1.54) is 58.1 Å². The molecule has 40 heavy (non-hydrogen) atoms. The first kappa shape index (κ1) is 39.1. The molecule has 1 N–H and O–H groups in total. The van der Waals surface area contributed by atoms with Crippen molar-refractivity contribution >= 4 is 41.1 Å². The van der Waals surface area contributed by atoms with Crippen LogP contribution in [0.25, 0.3) is 11.1 Å². The molecule has 0 aliphatic carbocycles. The van der Waals surface area contributed by atoms with Crippen molar-refractivity contribution in [1.82, 2.24) is 0 Å². The molecule has 222 valence electrons. The zero-order valence-electron chi connectivity index (χ0n) is 24.0. The lowest BCUT2D eigenvalue weighted by Crippen LogP contribution is -1.98. The lowest BCUT2D eigenvalue weighted by molar-refractivity contribution is -0.138. The molecule has 2 rings (SSSR count). The molecule has 0 aliphatic heterocycles. The number of hydrogen-bond donors (Lipinski definition) is 1. The Morgan fingerprint density at radius 1 is 0.775 bits per heavy atom. The molecule has 6 nitrogen and oxygen atoms in total. The van der Waals surface area contributed by atoms with E-state index in [1.54, 1.807) is 6.07 Å². The Morgan fingerprint density at radius 3 is 1.73 bits per heavy atom. The highest BCUT2D eigenvalue weighted by Crippen LogP contribution is 2.32. The fourth-order valence-electron chi connectivity index (χ4n) is 3.19. The minimum Gasteiger partial charge on any atom is -0.481 e. The van der Waals surface area contributed by atoms with E-state index >= 15 is 0 Å². The predicted molar refractivity (Wildman–Crippen MR) is 165 cm³/mol. The first-order chi connectivity index (χ1) is 19.1. The number of carbonyl (C=O) groups excluding carboxylic acids is 2. The van der Waals surface area contributed by atoms with E-state index in [2.05, 4.69) is 29.6 Å². The molecule has 0 aromatic heterocycles. The van der Waals surface area contributed by atoms with Gasteiger partial charge in [-0.2, -0.15) is 0 Å². The Kier molecular flexibility index (Phi) is 26.8. The third-order valence-corrected chi connectivity index (χ3v) is 5.80. The molecule has 0 radical (unpaired) electrons. The van der Waals surface area contributed by atoms with Crippen LogP contribution in [0.1, 0.15) is 85.0 Å². The maximum Gasteiger partial charge on any atom is 0.310 e. The van der Waals surface area contributed by atoms with Crippen LogP contribution in [0.5, 0.6) is 0 Å². The number of ether oxygens (including phenoxy) is 2. The van der Waals surface area contributed by atoms with Crippen molar-refractivity contribution in [2.75, 3.05) is 0 Å². The van der Waals surface area contributed by atoms with Gasteiger partial charge in [-0.3, -0.25) is 14.4 Å². The third kappa shape index (κ3) is 25.2. The van der Waals surface area contributed by atoms with E-state index in [-0.39, 0.29) is 11.9 Å². The van der Waals surface area contributed by atoms with Gasteiger partial charge < -0.3 is 14.6 Å². The van der Waals surface area contributed by atoms with Gasteiger partial charge in [0.15, 0.2) is 0 Å². The molecule has 0 unspecified atom stereocenters. The van der Waals surface area contributed by atoms with Crippen LogP contribution in [0.3, 0.4) is 0 Å². The Balaban J connectivity index is 0. The number of carbonyl (C=O) groups is 3. The molecule has 0 spiro atoms. The topological polar surface area (TPSA) is 89.9 Å². The lowest BCUT2D eigenvalue weighted by atomic mass is 10.1. The summed E-state index contributed by atoms with van der Waals surface area (Å²) >= 11 is 12.0. The summed E-state index contributed by atoms with van der Waals surface area (Å²) in [6.45, 7) is 11.2. The van der Waals surface area contributed by atoms with Crippen LogP contribution in [0.2, 0.25) is 10.0 Å². The van der Waals surface area contributed by atoms with Crippen LogP contribution < -0.4 is 0 Å². The van der Waals surface area contributed by atoms with Gasteiger partial charge in [-0.05, 0) is 18.1 Å². The van der Waals surface area contributed by atoms with E-state index in [4.69, 9.17) is 33.1 Å². The van der Waals surface area contributed by atoms with Crippen molar-refractivity contribution in [2.24, 2.45) is 0 Å². The fraction of sp³-hybridized carbons (Fsp3) is 0.406. The molecule has 0 saturated heterocycles. The summed E-state index contributed by atoms with van der Waals surface area (Å²) in [5.41, 5.74) is 2.06. The van der Waals surface area contributed by atoms with Crippen LogP contribution in [-0.2, 0) is 23.9 Å². The van der Waals surface area contributed by atoms with Crippen LogP contribution in [-0.4, -0.2) is 23.0 Å². The van der Waals surface area contributed by atoms with Gasteiger partial charge in [0.25, 0.3) is 5.97 Å². The van der Waals surface area contributed by atoms with Gasteiger partial charge in [0.2, 0.25) is 0 Å². The summed E-state index contributed by atoms with van der Waals surface area (Å²) in [6.07, 6.45) is 14.2. The third-order valence-electron chi connectivity index (χ3n) is 4.98. The zero-order valence-corrected chi connectivity index (χ0v) is 25.5. The van der Waals surface area contributed by atoms with Crippen molar-refractivity contribution in [3.63, 3.8) is 0 Å². The van der Waals surface area contributed by atoms with Gasteiger partial charge >= 0.3 is 11.9 Å². The molecule has 0 heterocycles. The molecule has 0 aliphatic rings. The van der Waals surface area contributed by atoms with Gasteiger partial charge in [0, 0.05) is 25.8 Å². The Morgan fingerprint density at radius 2 is 1.27 bits per heavy atom. The monoisotopic (exact) mass is 594 g/mol. The van der Waals surface area contributed by atoms with Gasteiger partial charge in [-0.15, -0.1) is 0 Å². The first-order valence-electron chi connectivity index (χ1n) is 13.4. The van der Waals surface area contributed by atoms with E-state index in [1.807, 2.05) is 42.5 Å². The lowest BCUT2D eigenvalue weighted by Gasteiger charge is -2.04. The quantitative estimate of drug-likeness (QED) is 0.141. The van der Waals surface area contributed by atoms with Crippen molar-refractivity contribution in [3.8, 4) is 11.1 Å². The van der Waals surface area contributed by atoms with Gasteiger partial charge in [-0.25, -0.2) is 0 Å². The van der Waals surface area contributed by atoms with Crippen molar-refractivity contribution in [2.45, 2.75) is 85.0 Å². The highest BCUT2D eigenvalue weighted by Gasteiger charge is 2.05. The van der Waals surface area contributed by atoms with Crippen LogP contribution in [0, 0.1) is 0 Å². The van der Waals surface area contributed by atoms with Crippen LogP contribution in [0.15, 0.2) is 74.2 Å². The average molecular weight is 596 g/mol. The van der Waals surface area contributed by atoms with E-state index in [0.29, 0.717) is 16.5 Å². The number of halogens is 2. The molecule has 0 atom stereocenters. The average Bonchev–Trinajstić information content (AvgIpc) is 2.90. The summed E-state index contributed by atoms with van der Waals surface area (Å²) in [5, 5.41) is 8.62. The molecule has 0 bridgehead atoms. The highest BCUT2D eigenvalue weighted by molar-refractivity contribution is 6.43. The number of aliphatic carboxylic acids is 1. The summed E-state index contributed by atoms with van der Waals surface area (Å²) < 4.78 is 8.81. The largest absolute Gasteiger partial charge is 0.481 e. The second kappa shape index (κ2) is 27.5. The standard InChI is InChI=1S/C14H26O2.C12H8Cl2.C4H6O2.C2H4O2/c1-3-5-6-7-8-9-10-11-12-13-14(15)16-4-2;13-11-8-4-7-10(12(11)14)9-5-2-1-3-6-9;1-3-6-4(2)5;1-2(3)4/h4H,2-3,5-13H2,1H3;1-8H;3H,1H2,2H3;1H3,(H,3,4). The molecular formula is C32H44Cl2O6. The SMILES string of the molecule is C=COC(=O)CCCCCCCCCCC.C=COC(C)=O.CC(=O)O.Clc1cccc(-c2ccccc2)c1Cl. The van der Waals surface area contributed by atoms with Crippen LogP contribution >= 0.6 is 23.2 Å². The maximum absolute atomic E-state index is 11.0. The first-order valence-corrected chi connectivity index (χ1v) is 14.1. The fourth-order valence-corrected chi connectivity index (χ4v) is 3.60. The molecule has 0 amide bonds. The predicted octanol–water partition coefficient (Wildman–Crippen LogP) is 10.0. The van der Waals surface area contributed by atoms with E-state index < -0.39 is 5.97 Å². The Labute approximate surface area is 250 Å². The molecule has 2 aromatic carbocycles. The van der Waals surface area contributed by atoms with Gasteiger partial charge in [0.05, 0.1) is 22.6 Å². The normalized spacial score (nSPS) is 9.22. The van der Waals surface area contributed by atoms with Crippen molar-refractivity contribution < 1.29 is 29.0 Å². The Bertz CT molecular complexity index is 973. The minimum atomic E-state index is -0.833.